The van der Waals surface area contributed by atoms with Crippen LogP contribution >= 0.6 is 0 Å². The van der Waals surface area contributed by atoms with Crippen molar-refractivity contribution in [1.29, 1.82) is 0 Å². The van der Waals surface area contributed by atoms with Gasteiger partial charge in [0.05, 0.1) is 12.5 Å². The van der Waals surface area contributed by atoms with E-state index in [1.807, 2.05) is 60.7 Å². The molecule has 0 radical (unpaired) electrons. The van der Waals surface area contributed by atoms with Gasteiger partial charge in [0.2, 0.25) is 11.8 Å². The highest BCUT2D eigenvalue weighted by atomic mass is 16.2. The average molecular weight is 364 g/mol. The third-order valence-corrected chi connectivity index (χ3v) is 4.86. The topological polar surface area (TPSA) is 66.5 Å². The van der Waals surface area contributed by atoms with Crippen LogP contribution in [0, 0.1) is 0 Å². The smallest absolute Gasteiger partial charge is 0.246 e. The number of carbonyl (C=O) groups is 3. The fraction of sp³-hybridized carbons (Fsp3) is 0.318. The lowest BCUT2D eigenvalue weighted by Crippen LogP contribution is -2.51. The molecule has 0 unspecified atom stereocenters. The zero-order valence-corrected chi connectivity index (χ0v) is 15.2. The Kier molecular flexibility index (Phi) is 6.36. The van der Waals surface area contributed by atoms with E-state index < -0.39 is 6.04 Å². The minimum absolute atomic E-state index is 0.185. The number of aldehydes is 1. The van der Waals surface area contributed by atoms with E-state index in [0.717, 1.165) is 23.8 Å². The van der Waals surface area contributed by atoms with Gasteiger partial charge >= 0.3 is 0 Å². The van der Waals surface area contributed by atoms with Crippen molar-refractivity contribution in [2.45, 2.75) is 37.8 Å². The molecule has 2 atom stereocenters. The Hall–Kier alpha value is -2.95. The van der Waals surface area contributed by atoms with Crippen molar-refractivity contribution in [2.75, 3.05) is 6.54 Å². The third-order valence-electron chi connectivity index (χ3n) is 4.86. The van der Waals surface area contributed by atoms with Crippen LogP contribution < -0.4 is 5.32 Å². The van der Waals surface area contributed by atoms with Gasteiger partial charge in [-0.25, -0.2) is 0 Å². The molecule has 0 saturated carbocycles. The molecular formula is C22H24N2O3. The molecule has 5 nitrogen and oxygen atoms in total. The molecule has 2 aromatic rings. The number of likely N-dealkylation sites (tertiary alicyclic amines) is 1. The highest BCUT2D eigenvalue weighted by Crippen LogP contribution is 2.18. The molecule has 1 N–H and O–H groups in total. The van der Waals surface area contributed by atoms with Gasteiger partial charge in [-0.3, -0.25) is 9.59 Å². The molecule has 140 valence electrons. The molecule has 1 saturated heterocycles. The van der Waals surface area contributed by atoms with Crippen molar-refractivity contribution in [2.24, 2.45) is 0 Å². The molecule has 0 spiro atoms. The summed E-state index contributed by atoms with van der Waals surface area (Å²) in [6.07, 6.45) is 2.95. The summed E-state index contributed by atoms with van der Waals surface area (Å²) < 4.78 is 0. The third kappa shape index (κ3) is 5.03. The quantitative estimate of drug-likeness (QED) is 0.766. The summed E-state index contributed by atoms with van der Waals surface area (Å²) in [6, 6.07) is 18.0. The SMILES string of the molecule is O=C[C@@H]1CCCN1C(=O)[C@@H](Cc1ccccc1)NC(=O)Cc1ccccc1. The van der Waals surface area contributed by atoms with E-state index in [1.54, 1.807) is 4.90 Å². The van der Waals surface area contributed by atoms with E-state index in [-0.39, 0.29) is 24.3 Å². The second-order valence-corrected chi connectivity index (χ2v) is 6.85. The first-order chi connectivity index (χ1) is 13.2. The molecule has 27 heavy (non-hydrogen) atoms. The Morgan fingerprint density at radius 1 is 1.04 bits per heavy atom. The van der Waals surface area contributed by atoms with Crippen LogP contribution in [0.5, 0.6) is 0 Å². The molecular weight excluding hydrogens is 340 g/mol. The summed E-state index contributed by atoms with van der Waals surface area (Å²) in [6.45, 7) is 0.558. The summed E-state index contributed by atoms with van der Waals surface area (Å²) >= 11 is 0. The Morgan fingerprint density at radius 2 is 1.67 bits per heavy atom. The number of benzene rings is 2. The van der Waals surface area contributed by atoms with Gasteiger partial charge in [0.15, 0.2) is 0 Å². The molecule has 0 aromatic heterocycles. The van der Waals surface area contributed by atoms with Crippen LogP contribution in [0.1, 0.15) is 24.0 Å². The fourth-order valence-electron chi connectivity index (χ4n) is 3.48. The van der Waals surface area contributed by atoms with E-state index in [2.05, 4.69) is 5.32 Å². The van der Waals surface area contributed by atoms with Crippen molar-refractivity contribution >= 4 is 18.1 Å². The first-order valence-corrected chi connectivity index (χ1v) is 9.30. The minimum atomic E-state index is -0.677. The van der Waals surface area contributed by atoms with Crippen molar-refractivity contribution < 1.29 is 14.4 Å². The van der Waals surface area contributed by atoms with Crippen LogP contribution in [-0.4, -0.2) is 41.6 Å². The maximum absolute atomic E-state index is 13.1. The average Bonchev–Trinajstić information content (AvgIpc) is 3.17. The standard InChI is InChI=1S/C22H24N2O3/c25-16-19-12-7-13-24(19)22(27)20(14-17-8-3-1-4-9-17)23-21(26)15-18-10-5-2-6-11-18/h1-6,8-11,16,19-20H,7,12-15H2,(H,23,26)/t19-,20+/m0/s1. The predicted molar refractivity (Wildman–Crippen MR) is 103 cm³/mol. The zero-order valence-electron chi connectivity index (χ0n) is 15.2. The van der Waals surface area contributed by atoms with Crippen LogP contribution in [0.15, 0.2) is 60.7 Å². The number of carbonyl (C=O) groups excluding carboxylic acids is 3. The second kappa shape index (κ2) is 9.12. The Morgan fingerprint density at radius 3 is 2.30 bits per heavy atom. The molecule has 2 aromatic carbocycles. The van der Waals surface area contributed by atoms with Crippen LogP contribution in [0.2, 0.25) is 0 Å². The van der Waals surface area contributed by atoms with Crippen molar-refractivity contribution in [3.05, 3.63) is 71.8 Å². The summed E-state index contributed by atoms with van der Waals surface area (Å²) in [5.41, 5.74) is 1.87. The van der Waals surface area contributed by atoms with E-state index >= 15 is 0 Å². The Bertz CT molecular complexity index is 777. The van der Waals surface area contributed by atoms with Crippen LogP contribution in [0.3, 0.4) is 0 Å². The normalized spacial score (nSPS) is 17.3. The maximum Gasteiger partial charge on any atom is 0.246 e. The predicted octanol–water partition coefficient (Wildman–Crippen LogP) is 2.15. The Labute approximate surface area is 159 Å². The summed E-state index contributed by atoms with van der Waals surface area (Å²) in [5.74, 6) is -0.382. The van der Waals surface area contributed by atoms with Crippen molar-refractivity contribution in [3.8, 4) is 0 Å². The molecule has 1 fully saturated rings. The number of nitrogens with one attached hydrogen (secondary N) is 1. The molecule has 0 aliphatic carbocycles. The number of amides is 2. The van der Waals surface area contributed by atoms with E-state index in [1.165, 1.54) is 0 Å². The van der Waals surface area contributed by atoms with Crippen LogP contribution in [0.4, 0.5) is 0 Å². The Balaban J connectivity index is 1.73. The van der Waals surface area contributed by atoms with E-state index in [0.29, 0.717) is 19.4 Å². The summed E-state index contributed by atoms with van der Waals surface area (Å²) in [4.78, 5) is 38.5. The minimum Gasteiger partial charge on any atom is -0.344 e. The van der Waals surface area contributed by atoms with Gasteiger partial charge in [0.25, 0.3) is 0 Å². The van der Waals surface area contributed by atoms with Gasteiger partial charge in [-0.2, -0.15) is 0 Å². The lowest BCUT2D eigenvalue weighted by molar-refractivity contribution is -0.138. The largest absolute Gasteiger partial charge is 0.344 e. The summed E-state index contributed by atoms with van der Waals surface area (Å²) in [5, 5.41) is 2.89. The second-order valence-electron chi connectivity index (χ2n) is 6.85. The molecule has 1 aliphatic heterocycles. The molecule has 5 heteroatoms. The van der Waals surface area contributed by atoms with Gasteiger partial charge in [-0.15, -0.1) is 0 Å². The van der Waals surface area contributed by atoms with Gasteiger partial charge in [-0.1, -0.05) is 60.7 Å². The summed E-state index contributed by atoms with van der Waals surface area (Å²) in [7, 11) is 0. The van der Waals surface area contributed by atoms with Crippen LogP contribution in [0.25, 0.3) is 0 Å². The monoisotopic (exact) mass is 364 g/mol. The lowest BCUT2D eigenvalue weighted by atomic mass is 10.0. The zero-order chi connectivity index (χ0) is 19.1. The lowest BCUT2D eigenvalue weighted by Gasteiger charge is -2.27. The number of rotatable bonds is 7. The highest BCUT2D eigenvalue weighted by Gasteiger charge is 2.33. The molecule has 1 aliphatic rings. The van der Waals surface area contributed by atoms with Crippen molar-refractivity contribution in [3.63, 3.8) is 0 Å². The maximum atomic E-state index is 13.1. The number of hydrogen-bond donors (Lipinski definition) is 1. The van der Waals surface area contributed by atoms with Gasteiger partial charge in [0, 0.05) is 13.0 Å². The highest BCUT2D eigenvalue weighted by molar-refractivity contribution is 5.90. The first-order valence-electron chi connectivity index (χ1n) is 9.30. The van der Waals surface area contributed by atoms with Crippen molar-refractivity contribution in [1.82, 2.24) is 10.2 Å². The van der Waals surface area contributed by atoms with Gasteiger partial charge in [0.1, 0.15) is 12.3 Å². The molecule has 2 amide bonds. The van der Waals surface area contributed by atoms with Gasteiger partial charge < -0.3 is 15.0 Å². The van der Waals surface area contributed by atoms with Gasteiger partial charge in [-0.05, 0) is 24.0 Å². The fourth-order valence-corrected chi connectivity index (χ4v) is 3.48. The number of nitrogens with zero attached hydrogens (tertiary/aromatic N) is 1. The molecule has 1 heterocycles. The van der Waals surface area contributed by atoms with E-state index in [9.17, 15) is 14.4 Å². The first kappa shape index (κ1) is 18.8. The molecule has 3 rings (SSSR count). The van der Waals surface area contributed by atoms with Crippen LogP contribution in [-0.2, 0) is 27.2 Å². The molecule has 0 bridgehead atoms. The van der Waals surface area contributed by atoms with E-state index in [4.69, 9.17) is 0 Å². The number of hydrogen-bond acceptors (Lipinski definition) is 3.